The first kappa shape index (κ1) is 31.7. The number of hydrogen-bond donors (Lipinski definition) is 0. The molecule has 0 saturated heterocycles. The van der Waals surface area contributed by atoms with Crippen LogP contribution in [0.25, 0.3) is 0 Å². The fourth-order valence-electron chi connectivity index (χ4n) is 3.49. The van der Waals surface area contributed by atoms with Crippen molar-refractivity contribution in [2.75, 3.05) is 13.2 Å². The van der Waals surface area contributed by atoms with Gasteiger partial charge in [-0.15, -0.1) is 9.05 Å². The molecule has 3 nitrogen and oxygen atoms in total. The van der Waals surface area contributed by atoms with Gasteiger partial charge in [-0.05, 0) is 12.8 Å². The molecule has 0 atom stereocenters. The Kier molecular flexibility index (Phi) is 31.2. The van der Waals surface area contributed by atoms with Gasteiger partial charge in [-0.1, -0.05) is 129 Å². The van der Waals surface area contributed by atoms with Crippen LogP contribution in [0.3, 0.4) is 0 Å². The maximum atomic E-state index is 11.7. The average Bonchev–Trinajstić information content (AvgIpc) is 2.70. The fraction of sp³-hybridized carbons (Fsp3) is 1.00. The van der Waals surface area contributed by atoms with Crippen molar-refractivity contribution < 1.29 is 30.1 Å². The standard InChI is InChI=1S/C24H50O3P.Ni/c1-3-5-7-9-11-13-15-17-19-21-23-26-28(25)27-24-22-20-18-16-14-12-10-8-6-4-2;/h3-24H2,1-2H3;/q+1;. The van der Waals surface area contributed by atoms with E-state index in [-0.39, 0.29) is 16.5 Å². The van der Waals surface area contributed by atoms with Crippen LogP contribution in [0.15, 0.2) is 0 Å². The molecule has 0 aromatic carbocycles. The average molecular weight is 476 g/mol. The fourth-order valence-corrected chi connectivity index (χ4v) is 4.13. The molecule has 5 heteroatoms. The second kappa shape index (κ2) is 28.5. The van der Waals surface area contributed by atoms with E-state index in [9.17, 15) is 4.57 Å². The van der Waals surface area contributed by atoms with E-state index in [2.05, 4.69) is 13.8 Å². The Morgan fingerprint density at radius 1 is 0.448 bits per heavy atom. The van der Waals surface area contributed by atoms with Gasteiger partial charge in [0.1, 0.15) is 13.2 Å². The van der Waals surface area contributed by atoms with Crippen LogP contribution < -0.4 is 0 Å². The Morgan fingerprint density at radius 3 is 0.966 bits per heavy atom. The summed E-state index contributed by atoms with van der Waals surface area (Å²) in [4.78, 5) is 0. The van der Waals surface area contributed by atoms with Crippen molar-refractivity contribution in [1.82, 2.24) is 0 Å². The SMILES string of the molecule is CCCCCCCCCCCCO[P+](=O)OCCCCCCCCCCCC.[Ni]. The topological polar surface area (TPSA) is 35.5 Å². The monoisotopic (exact) mass is 475 g/mol. The minimum Gasteiger partial charge on any atom is -0.119 e. The molecule has 0 aromatic rings. The van der Waals surface area contributed by atoms with Crippen LogP contribution in [0.1, 0.15) is 142 Å². The summed E-state index contributed by atoms with van der Waals surface area (Å²) in [6.45, 7) is 5.67. The largest absolute Gasteiger partial charge is 0.697 e. The van der Waals surface area contributed by atoms with Crippen molar-refractivity contribution in [3.8, 4) is 0 Å². The molecule has 0 saturated carbocycles. The second-order valence-corrected chi connectivity index (χ2v) is 9.22. The minimum atomic E-state index is -1.90. The third-order valence-corrected chi connectivity index (χ3v) is 6.18. The molecule has 0 radical (unpaired) electrons. The summed E-state index contributed by atoms with van der Waals surface area (Å²) < 4.78 is 22.3. The van der Waals surface area contributed by atoms with E-state index >= 15 is 0 Å². The summed E-state index contributed by atoms with van der Waals surface area (Å²) in [5.74, 6) is 0. The van der Waals surface area contributed by atoms with E-state index in [1.165, 1.54) is 116 Å². The molecule has 0 fully saturated rings. The Hall–Kier alpha value is 0.514. The Balaban J connectivity index is 0. The van der Waals surface area contributed by atoms with Crippen LogP contribution in [0, 0.1) is 0 Å². The van der Waals surface area contributed by atoms with Gasteiger partial charge in [-0.2, -0.15) is 0 Å². The molecule has 0 spiro atoms. The van der Waals surface area contributed by atoms with Crippen molar-refractivity contribution in [2.45, 2.75) is 142 Å². The van der Waals surface area contributed by atoms with Gasteiger partial charge >= 0.3 is 8.25 Å². The molecule has 178 valence electrons. The maximum absolute atomic E-state index is 11.7. The number of rotatable bonds is 24. The molecule has 0 unspecified atom stereocenters. The molecule has 29 heavy (non-hydrogen) atoms. The summed E-state index contributed by atoms with van der Waals surface area (Å²) in [5, 5.41) is 0. The minimum absolute atomic E-state index is 0. The summed E-state index contributed by atoms with van der Waals surface area (Å²) >= 11 is 0. The van der Waals surface area contributed by atoms with Crippen molar-refractivity contribution in [3.63, 3.8) is 0 Å². The van der Waals surface area contributed by atoms with Crippen LogP contribution in [0.2, 0.25) is 0 Å². The van der Waals surface area contributed by atoms with Gasteiger partial charge in [0, 0.05) is 21.1 Å². The first-order valence-electron chi connectivity index (χ1n) is 12.5. The zero-order chi connectivity index (χ0) is 20.5. The van der Waals surface area contributed by atoms with Crippen molar-refractivity contribution in [3.05, 3.63) is 0 Å². The van der Waals surface area contributed by atoms with Gasteiger partial charge in [0.25, 0.3) is 0 Å². The molecule has 0 aliphatic carbocycles. The quantitative estimate of drug-likeness (QED) is 0.0791. The van der Waals surface area contributed by atoms with Crippen molar-refractivity contribution in [1.29, 1.82) is 0 Å². The smallest absolute Gasteiger partial charge is 0.119 e. The van der Waals surface area contributed by atoms with E-state index in [1.807, 2.05) is 0 Å². The molecule has 0 aromatic heterocycles. The molecular weight excluding hydrogens is 426 g/mol. The second-order valence-electron chi connectivity index (χ2n) is 8.25. The molecule has 0 heterocycles. The normalized spacial score (nSPS) is 10.8. The molecule has 0 bridgehead atoms. The molecule has 0 amide bonds. The van der Waals surface area contributed by atoms with Crippen molar-refractivity contribution >= 4 is 8.25 Å². The molecular formula is C24H50NiO3P+. The predicted molar refractivity (Wildman–Crippen MR) is 123 cm³/mol. The number of unbranched alkanes of at least 4 members (excludes halogenated alkanes) is 18. The Morgan fingerprint density at radius 2 is 0.690 bits per heavy atom. The van der Waals surface area contributed by atoms with E-state index in [1.54, 1.807) is 0 Å². The Labute approximate surface area is 193 Å². The van der Waals surface area contributed by atoms with E-state index in [0.29, 0.717) is 13.2 Å². The number of hydrogen-bond acceptors (Lipinski definition) is 3. The van der Waals surface area contributed by atoms with Crippen LogP contribution in [-0.4, -0.2) is 13.2 Å². The van der Waals surface area contributed by atoms with Gasteiger partial charge in [-0.25, -0.2) is 0 Å². The Bertz CT molecular complexity index is 289. The van der Waals surface area contributed by atoms with Crippen LogP contribution in [0.4, 0.5) is 0 Å². The van der Waals surface area contributed by atoms with E-state index < -0.39 is 8.25 Å². The maximum Gasteiger partial charge on any atom is 0.697 e. The predicted octanol–water partition coefficient (Wildman–Crippen LogP) is 9.52. The van der Waals surface area contributed by atoms with Crippen LogP contribution in [0.5, 0.6) is 0 Å². The molecule has 0 rings (SSSR count). The summed E-state index contributed by atoms with van der Waals surface area (Å²) in [7, 11) is -1.90. The van der Waals surface area contributed by atoms with Gasteiger partial charge < -0.3 is 0 Å². The summed E-state index contributed by atoms with van der Waals surface area (Å²) in [6.07, 6.45) is 26.1. The first-order chi connectivity index (χ1) is 13.8. The van der Waals surface area contributed by atoms with Crippen molar-refractivity contribution in [2.24, 2.45) is 0 Å². The summed E-state index contributed by atoms with van der Waals surface area (Å²) in [6, 6.07) is 0. The van der Waals surface area contributed by atoms with Gasteiger partial charge in [-0.3, -0.25) is 0 Å². The van der Waals surface area contributed by atoms with Gasteiger partial charge in [0.2, 0.25) is 0 Å². The zero-order valence-corrected chi connectivity index (χ0v) is 21.4. The van der Waals surface area contributed by atoms with Gasteiger partial charge in [0.15, 0.2) is 0 Å². The van der Waals surface area contributed by atoms with Crippen LogP contribution in [-0.2, 0) is 30.1 Å². The zero-order valence-electron chi connectivity index (χ0n) is 19.5. The first-order valence-corrected chi connectivity index (χ1v) is 13.6. The van der Waals surface area contributed by atoms with E-state index in [4.69, 9.17) is 9.05 Å². The third-order valence-electron chi connectivity index (χ3n) is 5.39. The molecule has 0 N–H and O–H groups in total. The molecule has 0 aliphatic rings. The van der Waals surface area contributed by atoms with E-state index in [0.717, 1.165) is 12.8 Å². The summed E-state index contributed by atoms with van der Waals surface area (Å²) in [5.41, 5.74) is 0. The molecule has 0 aliphatic heterocycles. The third kappa shape index (κ3) is 28.5. The van der Waals surface area contributed by atoms with Crippen LogP contribution >= 0.6 is 8.25 Å². The van der Waals surface area contributed by atoms with Gasteiger partial charge in [0.05, 0.1) is 0 Å².